The topological polar surface area (TPSA) is 42.4 Å². The third-order valence-electron chi connectivity index (χ3n) is 2.17. The fourth-order valence-electron chi connectivity index (χ4n) is 1.56. The second-order valence-corrected chi connectivity index (χ2v) is 3.44. The van der Waals surface area contributed by atoms with Crippen molar-refractivity contribution in [1.29, 1.82) is 0 Å². The molecule has 1 aromatic rings. The number of pyridine rings is 1. The molecule has 1 aliphatic rings. The number of nitrogens with zero attached hydrogens (tertiary/aromatic N) is 1. The number of hydrogen-bond acceptors (Lipinski definition) is 3. The normalized spacial score (nSPS) is 19.4. The first-order chi connectivity index (χ1) is 5.61. The van der Waals surface area contributed by atoms with E-state index in [2.05, 4.69) is 4.98 Å². The van der Waals surface area contributed by atoms with E-state index < -0.39 is 12.7 Å². The number of hydrogen-bond donors (Lipinski definition) is 1. The minimum Gasteiger partial charge on any atom is -0.423 e. The van der Waals surface area contributed by atoms with Gasteiger partial charge in [-0.15, -0.1) is 0 Å². The smallest absolute Gasteiger partial charge is 0.423 e. The van der Waals surface area contributed by atoms with Crippen LogP contribution in [0.5, 0.6) is 0 Å². The molecule has 12 heavy (non-hydrogen) atoms. The van der Waals surface area contributed by atoms with Crippen molar-refractivity contribution in [2.45, 2.75) is 19.4 Å². The molecular weight excluding hydrogens is 153 g/mol. The van der Waals surface area contributed by atoms with Gasteiger partial charge in [-0.05, 0) is 25.5 Å². The van der Waals surface area contributed by atoms with Gasteiger partial charge in [0.1, 0.15) is 0 Å². The molecule has 2 rings (SSSR count). The maximum Gasteiger partial charge on any atom is 0.493 e. The van der Waals surface area contributed by atoms with Crippen LogP contribution in [0.3, 0.4) is 0 Å². The molecule has 2 heterocycles. The van der Waals surface area contributed by atoms with Crippen LogP contribution in [-0.4, -0.2) is 17.1 Å². The predicted molar refractivity (Wildman–Crippen MR) is 46.0 cm³/mol. The van der Waals surface area contributed by atoms with E-state index in [-0.39, 0.29) is 0 Å². The first-order valence-corrected chi connectivity index (χ1v) is 3.91. The number of rotatable bonds is 0. The van der Waals surface area contributed by atoms with Gasteiger partial charge in [-0.2, -0.15) is 0 Å². The van der Waals surface area contributed by atoms with E-state index in [0.29, 0.717) is 0 Å². The van der Waals surface area contributed by atoms with Crippen molar-refractivity contribution >= 4 is 12.6 Å². The fourth-order valence-corrected chi connectivity index (χ4v) is 1.56. The number of aromatic nitrogens is 1. The van der Waals surface area contributed by atoms with Crippen LogP contribution in [0.15, 0.2) is 18.5 Å². The van der Waals surface area contributed by atoms with Gasteiger partial charge in [0.15, 0.2) is 0 Å². The molecule has 0 saturated heterocycles. The lowest BCUT2D eigenvalue weighted by molar-refractivity contribution is 0.101. The molecule has 1 aromatic heterocycles. The third-order valence-corrected chi connectivity index (χ3v) is 2.17. The van der Waals surface area contributed by atoms with E-state index in [1.807, 2.05) is 19.9 Å². The van der Waals surface area contributed by atoms with Gasteiger partial charge < -0.3 is 9.68 Å². The molecule has 0 aromatic carbocycles. The average Bonchev–Trinajstić information content (AvgIpc) is 2.25. The van der Waals surface area contributed by atoms with Gasteiger partial charge >= 0.3 is 7.12 Å². The zero-order valence-corrected chi connectivity index (χ0v) is 7.11. The Kier molecular flexibility index (Phi) is 1.50. The maximum atomic E-state index is 9.45. The molecule has 0 spiro atoms. The largest absolute Gasteiger partial charge is 0.493 e. The summed E-state index contributed by atoms with van der Waals surface area (Å²) < 4.78 is 5.33. The maximum absolute atomic E-state index is 9.45. The molecule has 0 bridgehead atoms. The summed E-state index contributed by atoms with van der Waals surface area (Å²) in [7, 11) is -0.816. The minimum atomic E-state index is -0.816. The Balaban J connectivity index is 2.58. The van der Waals surface area contributed by atoms with Crippen LogP contribution in [-0.2, 0) is 10.3 Å². The second-order valence-electron chi connectivity index (χ2n) is 3.44. The Hall–Kier alpha value is -0.865. The van der Waals surface area contributed by atoms with Crippen molar-refractivity contribution in [1.82, 2.24) is 4.98 Å². The van der Waals surface area contributed by atoms with Gasteiger partial charge in [-0.25, -0.2) is 0 Å². The lowest BCUT2D eigenvalue weighted by atomic mass is 9.80. The molecule has 0 unspecified atom stereocenters. The molecule has 62 valence electrons. The van der Waals surface area contributed by atoms with E-state index in [1.54, 1.807) is 12.4 Å². The summed E-state index contributed by atoms with van der Waals surface area (Å²) in [6.45, 7) is 3.87. The van der Waals surface area contributed by atoms with Gasteiger partial charge in [0, 0.05) is 17.9 Å². The standard InChI is InChI=1S/C8H10BNO2/c1-8(2)6-3-4-10-5-7(6)9(11)12-8/h3-5,11H,1-2H3. The van der Waals surface area contributed by atoms with E-state index in [1.165, 1.54) is 0 Å². The fraction of sp³-hybridized carbons (Fsp3) is 0.375. The van der Waals surface area contributed by atoms with Gasteiger partial charge in [-0.1, -0.05) is 0 Å². The van der Waals surface area contributed by atoms with Crippen molar-refractivity contribution in [3.8, 4) is 0 Å². The minimum absolute atomic E-state index is 0.391. The van der Waals surface area contributed by atoms with Crippen LogP contribution in [0.25, 0.3) is 0 Å². The van der Waals surface area contributed by atoms with Crippen molar-refractivity contribution < 1.29 is 9.68 Å². The highest BCUT2D eigenvalue weighted by atomic mass is 16.5. The van der Waals surface area contributed by atoms with Gasteiger partial charge in [0.2, 0.25) is 0 Å². The molecule has 0 amide bonds. The second kappa shape index (κ2) is 2.31. The van der Waals surface area contributed by atoms with Crippen molar-refractivity contribution in [3.05, 3.63) is 24.0 Å². The summed E-state index contributed by atoms with van der Waals surface area (Å²) in [6.07, 6.45) is 3.36. The monoisotopic (exact) mass is 163 g/mol. The highest BCUT2D eigenvalue weighted by molar-refractivity contribution is 6.61. The van der Waals surface area contributed by atoms with E-state index in [9.17, 15) is 5.02 Å². The Morgan fingerprint density at radius 1 is 1.58 bits per heavy atom. The van der Waals surface area contributed by atoms with E-state index in [0.717, 1.165) is 11.0 Å². The molecule has 0 radical (unpaired) electrons. The Labute approximate surface area is 71.5 Å². The van der Waals surface area contributed by atoms with Crippen LogP contribution < -0.4 is 5.46 Å². The van der Waals surface area contributed by atoms with Crippen LogP contribution >= 0.6 is 0 Å². The Morgan fingerprint density at radius 2 is 2.33 bits per heavy atom. The number of fused-ring (bicyclic) bond motifs is 1. The van der Waals surface area contributed by atoms with E-state index in [4.69, 9.17) is 4.65 Å². The third kappa shape index (κ3) is 0.957. The molecule has 0 aliphatic carbocycles. The lowest BCUT2D eigenvalue weighted by Crippen LogP contribution is -2.28. The molecule has 3 nitrogen and oxygen atoms in total. The zero-order chi connectivity index (χ0) is 8.77. The van der Waals surface area contributed by atoms with Crippen molar-refractivity contribution in [2.75, 3.05) is 0 Å². The molecule has 1 N–H and O–H groups in total. The summed E-state index contributed by atoms with van der Waals surface area (Å²) in [5.41, 5.74) is 1.41. The van der Waals surface area contributed by atoms with E-state index >= 15 is 0 Å². The Bertz CT molecular complexity index is 314. The summed E-state index contributed by atoms with van der Waals surface area (Å²) >= 11 is 0. The zero-order valence-electron chi connectivity index (χ0n) is 7.11. The van der Waals surface area contributed by atoms with Crippen molar-refractivity contribution in [3.63, 3.8) is 0 Å². The quantitative estimate of drug-likeness (QED) is 0.548. The summed E-state index contributed by atoms with van der Waals surface area (Å²) in [4.78, 5) is 3.93. The molecule has 4 heteroatoms. The molecule has 0 fully saturated rings. The Morgan fingerprint density at radius 3 is 3.00 bits per heavy atom. The summed E-state index contributed by atoms with van der Waals surface area (Å²) in [5, 5.41) is 9.45. The first-order valence-electron chi connectivity index (χ1n) is 3.91. The van der Waals surface area contributed by atoms with Crippen LogP contribution in [0.4, 0.5) is 0 Å². The lowest BCUT2D eigenvalue weighted by Gasteiger charge is -2.19. The van der Waals surface area contributed by atoms with Crippen molar-refractivity contribution in [2.24, 2.45) is 0 Å². The van der Waals surface area contributed by atoms with Crippen LogP contribution in [0.1, 0.15) is 19.4 Å². The van der Waals surface area contributed by atoms with Crippen LogP contribution in [0.2, 0.25) is 0 Å². The summed E-state index contributed by atoms with van der Waals surface area (Å²) in [6, 6.07) is 1.88. The first kappa shape index (κ1) is 7.77. The summed E-state index contributed by atoms with van der Waals surface area (Å²) in [5.74, 6) is 0. The highest BCUT2D eigenvalue weighted by Gasteiger charge is 2.40. The molecule has 0 saturated carbocycles. The van der Waals surface area contributed by atoms with Crippen LogP contribution in [0, 0.1) is 0 Å². The van der Waals surface area contributed by atoms with Gasteiger partial charge in [0.05, 0.1) is 5.60 Å². The molecular formula is C8H10BNO2. The van der Waals surface area contributed by atoms with Gasteiger partial charge in [-0.3, -0.25) is 4.98 Å². The average molecular weight is 163 g/mol. The molecule has 1 aliphatic heterocycles. The predicted octanol–water partition coefficient (Wildman–Crippen LogP) is 0.0344. The highest BCUT2D eigenvalue weighted by Crippen LogP contribution is 2.28. The van der Waals surface area contributed by atoms with Gasteiger partial charge in [0.25, 0.3) is 0 Å². The SMILES string of the molecule is CC1(C)OB(O)c2cnccc21. The molecule has 0 atom stereocenters.